The highest BCUT2D eigenvalue weighted by atomic mass is 35.5. The predicted molar refractivity (Wildman–Crippen MR) is 93.6 cm³/mol. The fourth-order valence-corrected chi connectivity index (χ4v) is 3.79. The second-order valence-corrected chi connectivity index (χ2v) is 6.46. The summed E-state index contributed by atoms with van der Waals surface area (Å²) in [7, 11) is 1.62. The molecule has 0 spiro atoms. The van der Waals surface area contributed by atoms with Gasteiger partial charge < -0.3 is 9.30 Å². The van der Waals surface area contributed by atoms with Crippen molar-refractivity contribution >= 4 is 11.6 Å². The highest BCUT2D eigenvalue weighted by Gasteiger charge is 2.27. The third kappa shape index (κ3) is 2.09. The predicted octanol–water partition coefficient (Wildman–Crippen LogP) is 4.44. The third-order valence-electron chi connectivity index (χ3n) is 4.73. The summed E-state index contributed by atoms with van der Waals surface area (Å²) in [6.07, 6.45) is 4.13. The van der Waals surface area contributed by atoms with Crippen LogP contribution in [-0.2, 0) is 13.0 Å². The van der Waals surface area contributed by atoms with Crippen LogP contribution in [0.25, 0.3) is 22.4 Å². The molecule has 3 aliphatic rings. The summed E-state index contributed by atoms with van der Waals surface area (Å²) in [6, 6.07) is 7.95. The van der Waals surface area contributed by atoms with E-state index >= 15 is 0 Å². The first-order valence-electron chi connectivity index (χ1n) is 7.90. The molecule has 1 aromatic rings. The zero-order valence-corrected chi connectivity index (χ0v) is 14.3. The van der Waals surface area contributed by atoms with Gasteiger partial charge in [-0.05, 0) is 37.1 Å². The van der Waals surface area contributed by atoms with Crippen molar-refractivity contribution in [1.82, 2.24) is 9.55 Å². The van der Waals surface area contributed by atoms with E-state index in [0.29, 0.717) is 16.3 Å². The molecular weight excluding hydrogens is 322 g/mol. The van der Waals surface area contributed by atoms with Crippen LogP contribution in [0, 0.1) is 18.3 Å². The second-order valence-electron chi connectivity index (χ2n) is 6.05. The summed E-state index contributed by atoms with van der Waals surface area (Å²) < 4.78 is 7.39. The first-order valence-corrected chi connectivity index (χ1v) is 8.28. The van der Waals surface area contributed by atoms with Crippen LogP contribution in [-0.4, -0.2) is 16.7 Å². The number of rotatable bonds is 2. The Hall–Kier alpha value is -2.51. The van der Waals surface area contributed by atoms with Gasteiger partial charge in [0.05, 0.1) is 23.4 Å². The number of aromatic nitrogens is 2. The van der Waals surface area contributed by atoms with E-state index < -0.39 is 0 Å². The van der Waals surface area contributed by atoms with Crippen LogP contribution < -0.4 is 4.74 Å². The molecule has 4 nitrogen and oxygen atoms in total. The Bertz CT molecular complexity index is 968. The number of fused-ring (bicyclic) bond motifs is 2. The van der Waals surface area contributed by atoms with Crippen LogP contribution in [0.5, 0.6) is 5.75 Å². The normalized spacial score (nSPS) is 13.1. The molecule has 0 saturated carbocycles. The molecule has 1 aliphatic carbocycles. The van der Waals surface area contributed by atoms with Crippen molar-refractivity contribution in [2.24, 2.45) is 0 Å². The molecular formula is C19H16ClN3O. The zero-order valence-electron chi connectivity index (χ0n) is 13.6. The number of methoxy groups -OCH3 is 1. The average molecular weight is 338 g/mol. The lowest BCUT2D eigenvalue weighted by Gasteiger charge is -2.11. The van der Waals surface area contributed by atoms with E-state index in [1.54, 1.807) is 13.2 Å². The van der Waals surface area contributed by atoms with Gasteiger partial charge in [0, 0.05) is 35.9 Å². The lowest BCUT2D eigenvalue weighted by atomic mass is 10.0. The Morgan fingerprint density at radius 2 is 2.17 bits per heavy atom. The number of nitrogens with zero attached hydrogens (tertiary/aromatic N) is 3. The summed E-state index contributed by atoms with van der Waals surface area (Å²) in [5.41, 5.74) is 5.21. The minimum atomic E-state index is 0.601. The molecule has 0 bridgehead atoms. The maximum atomic E-state index is 9.64. The standard InChI is InChI=1S/C19H16ClN3O/c1-11-14(9-21)15-10-23-7-3-4-17(23)22-19(15)18(11)13-6-5-12(24-2)8-16(13)20/h5-6,8,10H,3-4,7H2,1-2H3. The van der Waals surface area contributed by atoms with Gasteiger partial charge in [0.1, 0.15) is 17.6 Å². The van der Waals surface area contributed by atoms with Crippen molar-refractivity contribution < 1.29 is 4.74 Å². The molecule has 24 heavy (non-hydrogen) atoms. The Balaban J connectivity index is 2.02. The molecule has 5 heteroatoms. The van der Waals surface area contributed by atoms with Crippen molar-refractivity contribution in [3.8, 4) is 34.2 Å². The van der Waals surface area contributed by atoms with Gasteiger partial charge in [0.25, 0.3) is 0 Å². The highest BCUT2D eigenvalue weighted by molar-refractivity contribution is 6.33. The van der Waals surface area contributed by atoms with E-state index in [1.165, 1.54) is 0 Å². The average Bonchev–Trinajstić information content (AvgIpc) is 3.14. The Morgan fingerprint density at radius 3 is 2.88 bits per heavy atom. The lowest BCUT2D eigenvalue weighted by molar-refractivity contribution is 0.415. The number of hydrogen-bond acceptors (Lipinski definition) is 3. The number of benzene rings is 1. The molecule has 1 aromatic carbocycles. The van der Waals surface area contributed by atoms with E-state index in [2.05, 4.69) is 16.8 Å². The number of hydrogen-bond donors (Lipinski definition) is 0. The largest absolute Gasteiger partial charge is 0.497 e. The summed E-state index contributed by atoms with van der Waals surface area (Å²) in [5, 5.41) is 10.2. The number of aryl methyl sites for hydroxylation is 2. The first kappa shape index (κ1) is 15.0. The Morgan fingerprint density at radius 1 is 1.33 bits per heavy atom. The van der Waals surface area contributed by atoms with E-state index in [4.69, 9.17) is 21.3 Å². The number of ether oxygens (including phenoxy) is 1. The summed E-state index contributed by atoms with van der Waals surface area (Å²) in [4.78, 5) is 4.87. The van der Waals surface area contributed by atoms with Crippen molar-refractivity contribution in [1.29, 1.82) is 5.26 Å². The van der Waals surface area contributed by atoms with Crippen LogP contribution in [0.1, 0.15) is 23.4 Å². The monoisotopic (exact) mass is 337 g/mol. The van der Waals surface area contributed by atoms with Crippen LogP contribution in [0.4, 0.5) is 0 Å². The van der Waals surface area contributed by atoms with E-state index in [0.717, 1.165) is 53.2 Å². The van der Waals surface area contributed by atoms with E-state index in [1.807, 2.05) is 19.1 Å². The molecule has 0 fully saturated rings. The van der Waals surface area contributed by atoms with Crippen molar-refractivity contribution in [2.75, 3.05) is 7.11 Å². The SMILES string of the molecule is COc1ccc(-c2c3nc4n(cc-3c(C#N)c2C)CCC4)c(Cl)c1. The van der Waals surface area contributed by atoms with Gasteiger partial charge >= 0.3 is 0 Å². The van der Waals surface area contributed by atoms with Crippen LogP contribution in [0.15, 0.2) is 24.4 Å². The molecule has 0 unspecified atom stereocenters. The van der Waals surface area contributed by atoms with Gasteiger partial charge in [0.15, 0.2) is 0 Å². The van der Waals surface area contributed by atoms with Crippen molar-refractivity contribution in [3.05, 3.63) is 46.4 Å². The maximum Gasteiger partial charge on any atom is 0.120 e. The molecule has 0 aromatic heterocycles. The van der Waals surface area contributed by atoms with Crippen LogP contribution in [0.2, 0.25) is 5.02 Å². The van der Waals surface area contributed by atoms with Gasteiger partial charge in [-0.1, -0.05) is 11.6 Å². The number of nitriles is 1. The highest BCUT2D eigenvalue weighted by Crippen LogP contribution is 2.44. The topological polar surface area (TPSA) is 50.8 Å². The minimum absolute atomic E-state index is 0.601. The van der Waals surface area contributed by atoms with Gasteiger partial charge in [-0.2, -0.15) is 5.26 Å². The lowest BCUT2D eigenvalue weighted by Crippen LogP contribution is -2.02. The van der Waals surface area contributed by atoms with Gasteiger partial charge in [-0.3, -0.25) is 0 Å². The minimum Gasteiger partial charge on any atom is -0.497 e. The summed E-state index contributed by atoms with van der Waals surface area (Å²) in [5.74, 6) is 1.78. The Kier molecular flexibility index (Phi) is 3.47. The maximum absolute atomic E-state index is 9.64. The summed E-state index contributed by atoms with van der Waals surface area (Å²) in [6.45, 7) is 2.93. The number of halogens is 1. The molecule has 4 rings (SSSR count). The van der Waals surface area contributed by atoms with Crippen LogP contribution >= 0.6 is 11.6 Å². The van der Waals surface area contributed by atoms with Gasteiger partial charge in [0.2, 0.25) is 0 Å². The third-order valence-corrected chi connectivity index (χ3v) is 5.04. The summed E-state index contributed by atoms with van der Waals surface area (Å²) >= 11 is 6.49. The molecule has 120 valence electrons. The van der Waals surface area contributed by atoms with E-state index in [9.17, 15) is 5.26 Å². The van der Waals surface area contributed by atoms with Gasteiger partial charge in [-0.25, -0.2) is 4.98 Å². The molecule has 0 atom stereocenters. The molecule has 0 saturated heterocycles. The second kappa shape index (κ2) is 5.54. The molecule has 2 aliphatic heterocycles. The fraction of sp³-hybridized carbons (Fsp3) is 0.263. The van der Waals surface area contributed by atoms with Crippen molar-refractivity contribution in [3.63, 3.8) is 0 Å². The molecule has 2 heterocycles. The Labute approximate surface area is 145 Å². The smallest absolute Gasteiger partial charge is 0.120 e. The molecule has 0 N–H and O–H groups in total. The molecule has 0 radical (unpaired) electrons. The fourth-order valence-electron chi connectivity index (χ4n) is 3.52. The quantitative estimate of drug-likeness (QED) is 0.694. The van der Waals surface area contributed by atoms with E-state index in [-0.39, 0.29) is 0 Å². The first-order chi connectivity index (χ1) is 11.6. The molecule has 0 amide bonds. The zero-order chi connectivity index (χ0) is 16.8. The van der Waals surface area contributed by atoms with Crippen LogP contribution in [0.3, 0.4) is 0 Å². The van der Waals surface area contributed by atoms with Gasteiger partial charge in [-0.15, -0.1) is 0 Å². The van der Waals surface area contributed by atoms with Crippen molar-refractivity contribution in [2.45, 2.75) is 26.3 Å².